The van der Waals surface area contributed by atoms with E-state index in [-0.39, 0.29) is 5.91 Å². The Bertz CT molecular complexity index is 529. The van der Waals surface area contributed by atoms with Gasteiger partial charge in [0.05, 0.1) is 7.11 Å². The number of benzene rings is 1. The van der Waals surface area contributed by atoms with Crippen LogP contribution in [-0.2, 0) is 0 Å². The Kier molecular flexibility index (Phi) is 2.56. The maximum atomic E-state index is 11.7. The van der Waals surface area contributed by atoms with E-state index in [1.807, 2.05) is 24.3 Å². The smallest absolute Gasteiger partial charge is 0.269 e. The van der Waals surface area contributed by atoms with Gasteiger partial charge in [-0.25, -0.2) is 0 Å². The van der Waals surface area contributed by atoms with Crippen LogP contribution in [0.15, 0.2) is 24.3 Å². The third-order valence-electron chi connectivity index (χ3n) is 2.46. The summed E-state index contributed by atoms with van der Waals surface area (Å²) >= 11 is 0. The SMILES string of the molecule is COc1ccc2[nH]c(C(=O)N(C)C)cc2c1. The number of rotatable bonds is 2. The molecule has 1 heterocycles. The second-order valence-electron chi connectivity index (χ2n) is 3.84. The molecule has 0 unspecified atom stereocenters. The first-order valence-electron chi connectivity index (χ1n) is 5.00. The number of aromatic nitrogens is 1. The van der Waals surface area contributed by atoms with Gasteiger partial charge in [-0.05, 0) is 24.3 Å². The van der Waals surface area contributed by atoms with Crippen LogP contribution in [-0.4, -0.2) is 37.0 Å². The molecule has 1 amide bonds. The molecule has 0 aliphatic carbocycles. The molecular weight excluding hydrogens is 204 g/mol. The monoisotopic (exact) mass is 218 g/mol. The van der Waals surface area contributed by atoms with Crippen molar-refractivity contribution in [3.8, 4) is 5.75 Å². The van der Waals surface area contributed by atoms with E-state index in [0.717, 1.165) is 16.7 Å². The Morgan fingerprint density at radius 3 is 2.69 bits per heavy atom. The molecule has 0 aliphatic rings. The number of methoxy groups -OCH3 is 1. The van der Waals surface area contributed by atoms with Crippen LogP contribution < -0.4 is 4.74 Å². The van der Waals surface area contributed by atoms with Gasteiger partial charge in [-0.2, -0.15) is 0 Å². The topological polar surface area (TPSA) is 45.3 Å². The maximum Gasteiger partial charge on any atom is 0.269 e. The van der Waals surface area contributed by atoms with E-state index < -0.39 is 0 Å². The molecule has 2 rings (SSSR count). The highest BCUT2D eigenvalue weighted by atomic mass is 16.5. The van der Waals surface area contributed by atoms with Gasteiger partial charge in [0.2, 0.25) is 0 Å². The first kappa shape index (κ1) is 10.5. The van der Waals surface area contributed by atoms with Crippen molar-refractivity contribution >= 4 is 16.8 Å². The number of hydrogen-bond donors (Lipinski definition) is 1. The van der Waals surface area contributed by atoms with Crippen molar-refractivity contribution in [3.63, 3.8) is 0 Å². The van der Waals surface area contributed by atoms with Crippen molar-refractivity contribution in [2.45, 2.75) is 0 Å². The highest BCUT2D eigenvalue weighted by Crippen LogP contribution is 2.21. The largest absolute Gasteiger partial charge is 0.497 e. The summed E-state index contributed by atoms with van der Waals surface area (Å²) in [5.74, 6) is 0.755. The molecule has 84 valence electrons. The lowest BCUT2D eigenvalue weighted by Gasteiger charge is -2.07. The summed E-state index contributed by atoms with van der Waals surface area (Å²) in [7, 11) is 5.09. The maximum absolute atomic E-state index is 11.7. The summed E-state index contributed by atoms with van der Waals surface area (Å²) in [5, 5.41) is 0.976. The number of aromatic amines is 1. The van der Waals surface area contributed by atoms with Gasteiger partial charge < -0.3 is 14.6 Å². The van der Waals surface area contributed by atoms with Crippen molar-refractivity contribution in [3.05, 3.63) is 30.0 Å². The van der Waals surface area contributed by atoms with Gasteiger partial charge in [0.1, 0.15) is 11.4 Å². The molecule has 1 N–H and O–H groups in total. The van der Waals surface area contributed by atoms with Crippen molar-refractivity contribution in [2.24, 2.45) is 0 Å². The molecule has 16 heavy (non-hydrogen) atoms. The van der Waals surface area contributed by atoms with E-state index in [4.69, 9.17) is 4.74 Å². The van der Waals surface area contributed by atoms with E-state index in [1.165, 1.54) is 0 Å². The van der Waals surface area contributed by atoms with Gasteiger partial charge in [0.25, 0.3) is 5.91 Å². The van der Waals surface area contributed by atoms with Crippen LogP contribution in [0.3, 0.4) is 0 Å². The fourth-order valence-corrected chi connectivity index (χ4v) is 1.59. The summed E-state index contributed by atoms with van der Waals surface area (Å²) < 4.78 is 5.13. The van der Waals surface area contributed by atoms with Crippen molar-refractivity contribution in [1.29, 1.82) is 0 Å². The quantitative estimate of drug-likeness (QED) is 0.836. The minimum Gasteiger partial charge on any atom is -0.497 e. The summed E-state index contributed by atoms with van der Waals surface area (Å²) in [6.07, 6.45) is 0. The number of nitrogens with zero attached hydrogens (tertiary/aromatic N) is 1. The van der Waals surface area contributed by atoms with E-state index in [9.17, 15) is 4.79 Å². The van der Waals surface area contributed by atoms with E-state index >= 15 is 0 Å². The fourth-order valence-electron chi connectivity index (χ4n) is 1.59. The van der Waals surface area contributed by atoms with Gasteiger partial charge in [-0.15, -0.1) is 0 Å². The highest BCUT2D eigenvalue weighted by molar-refractivity contribution is 5.98. The third kappa shape index (κ3) is 1.74. The Morgan fingerprint density at radius 1 is 1.31 bits per heavy atom. The Hall–Kier alpha value is -1.97. The van der Waals surface area contributed by atoms with Crippen LogP contribution in [0.1, 0.15) is 10.5 Å². The summed E-state index contributed by atoms with van der Waals surface area (Å²) in [5.41, 5.74) is 1.53. The lowest BCUT2D eigenvalue weighted by atomic mass is 10.2. The zero-order chi connectivity index (χ0) is 11.7. The molecular formula is C12H14N2O2. The average molecular weight is 218 g/mol. The molecule has 0 radical (unpaired) electrons. The van der Waals surface area contributed by atoms with Gasteiger partial charge in [-0.3, -0.25) is 4.79 Å². The standard InChI is InChI=1S/C12H14N2O2/c1-14(2)12(15)11-7-8-6-9(16-3)4-5-10(8)13-11/h4-7,13H,1-3H3. The fraction of sp³-hybridized carbons (Fsp3) is 0.250. The number of carbonyl (C=O) groups is 1. The van der Waals surface area contributed by atoms with E-state index in [2.05, 4.69) is 4.98 Å². The van der Waals surface area contributed by atoms with Gasteiger partial charge in [-0.1, -0.05) is 0 Å². The molecule has 0 bridgehead atoms. The number of hydrogen-bond acceptors (Lipinski definition) is 2. The molecule has 0 atom stereocenters. The molecule has 0 aliphatic heterocycles. The predicted octanol–water partition coefficient (Wildman–Crippen LogP) is 1.88. The molecule has 2 aromatic rings. The van der Waals surface area contributed by atoms with Gasteiger partial charge in [0.15, 0.2) is 0 Å². The molecule has 4 heteroatoms. The number of nitrogens with one attached hydrogen (secondary N) is 1. The predicted molar refractivity (Wildman–Crippen MR) is 62.9 cm³/mol. The van der Waals surface area contributed by atoms with Crippen molar-refractivity contribution in [2.75, 3.05) is 21.2 Å². The van der Waals surface area contributed by atoms with Crippen LogP contribution in [0.4, 0.5) is 0 Å². The number of H-pyrrole nitrogens is 1. The van der Waals surface area contributed by atoms with E-state index in [0.29, 0.717) is 5.69 Å². The van der Waals surface area contributed by atoms with Crippen LogP contribution in [0.5, 0.6) is 5.75 Å². The second-order valence-corrected chi connectivity index (χ2v) is 3.84. The molecule has 0 saturated heterocycles. The number of carbonyl (C=O) groups excluding carboxylic acids is 1. The summed E-state index contributed by atoms with van der Waals surface area (Å²) in [6.45, 7) is 0. The third-order valence-corrected chi connectivity index (χ3v) is 2.46. The summed E-state index contributed by atoms with van der Waals surface area (Å²) in [6, 6.07) is 7.50. The first-order valence-corrected chi connectivity index (χ1v) is 5.00. The lowest BCUT2D eigenvalue weighted by molar-refractivity contribution is 0.0823. The number of fused-ring (bicyclic) bond motifs is 1. The average Bonchev–Trinajstić information content (AvgIpc) is 2.69. The van der Waals surface area contributed by atoms with Crippen LogP contribution in [0.25, 0.3) is 10.9 Å². The molecule has 1 aromatic heterocycles. The minimum absolute atomic E-state index is 0.0323. The van der Waals surface area contributed by atoms with Crippen molar-refractivity contribution < 1.29 is 9.53 Å². The molecule has 0 spiro atoms. The first-order chi connectivity index (χ1) is 7.61. The van der Waals surface area contributed by atoms with Gasteiger partial charge >= 0.3 is 0 Å². The minimum atomic E-state index is -0.0323. The normalized spacial score (nSPS) is 10.4. The van der Waals surface area contributed by atoms with Crippen LogP contribution in [0.2, 0.25) is 0 Å². The lowest BCUT2D eigenvalue weighted by Crippen LogP contribution is -2.21. The van der Waals surface area contributed by atoms with Crippen molar-refractivity contribution in [1.82, 2.24) is 9.88 Å². The zero-order valence-electron chi connectivity index (χ0n) is 9.57. The Balaban J connectivity index is 2.47. The molecule has 0 saturated carbocycles. The zero-order valence-corrected chi connectivity index (χ0v) is 9.57. The summed E-state index contributed by atoms with van der Waals surface area (Å²) in [4.78, 5) is 16.4. The highest BCUT2D eigenvalue weighted by Gasteiger charge is 2.11. The Labute approximate surface area is 93.8 Å². The van der Waals surface area contributed by atoms with Crippen LogP contribution in [0, 0.1) is 0 Å². The van der Waals surface area contributed by atoms with Gasteiger partial charge in [0, 0.05) is 25.0 Å². The van der Waals surface area contributed by atoms with E-state index in [1.54, 1.807) is 26.1 Å². The molecule has 1 aromatic carbocycles. The van der Waals surface area contributed by atoms with Crippen LogP contribution >= 0.6 is 0 Å². The number of ether oxygens (including phenoxy) is 1. The Morgan fingerprint density at radius 2 is 2.06 bits per heavy atom. The second kappa shape index (κ2) is 3.89. The molecule has 0 fully saturated rings. The number of amides is 1. The molecule has 4 nitrogen and oxygen atoms in total.